The van der Waals surface area contributed by atoms with E-state index in [1.165, 1.54) is 36.5 Å². The first kappa shape index (κ1) is 14.8. The number of carbonyl (C=O) groups excluding carboxylic acids is 1. The van der Waals surface area contributed by atoms with Gasteiger partial charge < -0.3 is 0 Å². The maximum atomic E-state index is 12.0. The molecule has 106 valence electrons. The lowest BCUT2D eigenvalue weighted by Gasteiger charge is -2.04. The number of hydrogen-bond acceptors (Lipinski definition) is 1. The number of unbranched alkanes of at least 4 members (excludes halogenated alkanes) is 4. The van der Waals surface area contributed by atoms with Gasteiger partial charge in [0.2, 0.25) is 0 Å². The van der Waals surface area contributed by atoms with Crippen molar-refractivity contribution >= 4 is 16.6 Å². The minimum absolute atomic E-state index is 0.372. The number of hydrogen-bond donors (Lipinski definition) is 0. The van der Waals surface area contributed by atoms with Gasteiger partial charge in [0.15, 0.2) is 0 Å². The molecule has 0 N–H and O–H groups in total. The normalized spacial score (nSPS) is 10.8. The molecule has 0 spiro atoms. The van der Waals surface area contributed by atoms with Gasteiger partial charge in [-0.15, -0.1) is 0 Å². The summed E-state index contributed by atoms with van der Waals surface area (Å²) in [6.45, 7) is 2.21. The van der Waals surface area contributed by atoms with Gasteiger partial charge >= 0.3 is 0 Å². The van der Waals surface area contributed by atoms with Gasteiger partial charge in [0.05, 0.1) is 0 Å². The monoisotopic (exact) mass is 268 g/mol. The van der Waals surface area contributed by atoms with Gasteiger partial charge in [-0.05, 0) is 22.8 Å². The molecule has 1 nitrogen and oxygen atoms in total. The van der Waals surface area contributed by atoms with Crippen LogP contribution >= 0.6 is 0 Å². The third kappa shape index (κ3) is 4.48. The first-order chi connectivity index (χ1) is 9.79. The van der Waals surface area contributed by atoms with Gasteiger partial charge in [-0.1, -0.05) is 75.1 Å². The van der Waals surface area contributed by atoms with Crippen LogP contribution in [-0.2, 0) is 11.2 Å². The summed E-state index contributed by atoms with van der Waals surface area (Å²) in [5, 5.41) is 2.46. The summed E-state index contributed by atoms with van der Waals surface area (Å²) in [6, 6.07) is 14.6. The second-order valence-electron chi connectivity index (χ2n) is 5.56. The van der Waals surface area contributed by atoms with Crippen LogP contribution in [0.25, 0.3) is 10.8 Å². The van der Waals surface area contributed by atoms with Gasteiger partial charge in [0.25, 0.3) is 0 Å². The highest BCUT2D eigenvalue weighted by Crippen LogP contribution is 2.17. The molecule has 0 saturated carbocycles. The average Bonchev–Trinajstić information content (AvgIpc) is 2.47. The highest BCUT2D eigenvalue weighted by molar-refractivity contribution is 5.86. The van der Waals surface area contributed by atoms with E-state index in [9.17, 15) is 4.79 Å². The quantitative estimate of drug-likeness (QED) is 0.593. The van der Waals surface area contributed by atoms with Crippen molar-refractivity contribution in [3.63, 3.8) is 0 Å². The van der Waals surface area contributed by atoms with Crippen molar-refractivity contribution in [2.45, 2.75) is 51.9 Å². The van der Waals surface area contributed by atoms with Gasteiger partial charge in [-0.2, -0.15) is 0 Å². The minimum atomic E-state index is 0.372. The summed E-state index contributed by atoms with van der Waals surface area (Å²) in [6.07, 6.45) is 7.36. The second-order valence-corrected chi connectivity index (χ2v) is 5.56. The number of fused-ring (bicyclic) bond motifs is 1. The number of rotatable bonds is 8. The Balaban J connectivity index is 1.83. The van der Waals surface area contributed by atoms with Crippen LogP contribution in [0.4, 0.5) is 0 Å². The van der Waals surface area contributed by atoms with Crippen LogP contribution in [0.3, 0.4) is 0 Å². The molecule has 0 atom stereocenters. The van der Waals surface area contributed by atoms with Crippen LogP contribution in [0, 0.1) is 0 Å². The van der Waals surface area contributed by atoms with Crippen molar-refractivity contribution in [2.24, 2.45) is 0 Å². The topological polar surface area (TPSA) is 17.1 Å². The van der Waals surface area contributed by atoms with Gasteiger partial charge in [0, 0.05) is 12.8 Å². The van der Waals surface area contributed by atoms with Crippen molar-refractivity contribution < 1.29 is 4.79 Å². The predicted molar refractivity (Wildman–Crippen MR) is 86.0 cm³/mol. The van der Waals surface area contributed by atoms with Crippen molar-refractivity contribution in [3.05, 3.63) is 48.0 Å². The maximum absolute atomic E-state index is 12.0. The Bertz CT molecular complexity index is 556. The summed E-state index contributed by atoms with van der Waals surface area (Å²) in [7, 11) is 0. The fourth-order valence-corrected chi connectivity index (χ4v) is 2.59. The lowest BCUT2D eigenvalue weighted by atomic mass is 10.0. The molecule has 0 aliphatic heterocycles. The van der Waals surface area contributed by atoms with Crippen molar-refractivity contribution in [3.8, 4) is 0 Å². The molecule has 0 unspecified atom stereocenters. The van der Waals surface area contributed by atoms with E-state index in [1.54, 1.807) is 0 Å². The highest BCUT2D eigenvalue weighted by Gasteiger charge is 2.04. The number of ketones is 1. The molecule has 0 radical (unpaired) electrons. The van der Waals surface area contributed by atoms with E-state index in [-0.39, 0.29) is 0 Å². The molecule has 0 aliphatic rings. The van der Waals surface area contributed by atoms with Gasteiger partial charge in [-0.3, -0.25) is 4.79 Å². The van der Waals surface area contributed by atoms with Gasteiger partial charge in [0.1, 0.15) is 5.78 Å². The Morgan fingerprint density at radius 1 is 0.900 bits per heavy atom. The molecular formula is C19H24O. The minimum Gasteiger partial charge on any atom is -0.299 e. The lowest BCUT2D eigenvalue weighted by molar-refractivity contribution is -0.118. The Morgan fingerprint density at radius 3 is 2.45 bits per heavy atom. The van der Waals surface area contributed by atoms with E-state index >= 15 is 0 Å². The standard InChI is InChI=1S/C19H24O/c1-2-3-4-5-6-11-19(20)15-16-12-13-17-9-7-8-10-18(17)14-16/h7-10,12-14H,2-6,11,15H2,1H3. The van der Waals surface area contributed by atoms with E-state index in [0.717, 1.165) is 18.4 Å². The van der Waals surface area contributed by atoms with E-state index in [2.05, 4.69) is 37.3 Å². The summed E-state index contributed by atoms with van der Waals surface area (Å²) < 4.78 is 0. The highest BCUT2D eigenvalue weighted by atomic mass is 16.1. The first-order valence-electron chi connectivity index (χ1n) is 7.79. The molecule has 0 aliphatic carbocycles. The van der Waals surface area contributed by atoms with E-state index in [1.807, 2.05) is 12.1 Å². The zero-order valence-corrected chi connectivity index (χ0v) is 12.4. The molecule has 0 bridgehead atoms. The van der Waals surface area contributed by atoms with Crippen molar-refractivity contribution in [1.82, 2.24) is 0 Å². The molecule has 2 rings (SSSR count). The number of benzene rings is 2. The molecule has 0 heterocycles. The Morgan fingerprint density at radius 2 is 1.65 bits per heavy atom. The van der Waals surface area contributed by atoms with Crippen LogP contribution in [0.5, 0.6) is 0 Å². The maximum Gasteiger partial charge on any atom is 0.137 e. The average molecular weight is 268 g/mol. The van der Waals surface area contributed by atoms with Crippen molar-refractivity contribution in [2.75, 3.05) is 0 Å². The first-order valence-corrected chi connectivity index (χ1v) is 7.79. The predicted octanol–water partition coefficient (Wildman–Crippen LogP) is 5.31. The fraction of sp³-hybridized carbons (Fsp3) is 0.421. The molecule has 0 fully saturated rings. The summed E-state index contributed by atoms with van der Waals surface area (Å²) in [5.41, 5.74) is 1.14. The Hall–Kier alpha value is -1.63. The van der Waals surface area contributed by atoms with Crippen molar-refractivity contribution in [1.29, 1.82) is 0 Å². The smallest absolute Gasteiger partial charge is 0.137 e. The third-order valence-corrected chi connectivity index (χ3v) is 3.77. The van der Waals surface area contributed by atoms with Crippen LogP contribution in [0.15, 0.2) is 42.5 Å². The number of Topliss-reactive ketones (excluding diaryl/α,β-unsaturated/α-hetero) is 1. The van der Waals surface area contributed by atoms with E-state index in [0.29, 0.717) is 12.2 Å². The molecule has 2 aromatic rings. The third-order valence-electron chi connectivity index (χ3n) is 3.77. The molecule has 0 saturated heterocycles. The van der Waals surface area contributed by atoms with Crippen LogP contribution in [0.2, 0.25) is 0 Å². The molecule has 1 heteroatoms. The number of carbonyl (C=O) groups is 1. The molecule has 20 heavy (non-hydrogen) atoms. The molecule has 2 aromatic carbocycles. The molecule has 0 amide bonds. The summed E-state index contributed by atoms with van der Waals surface area (Å²) in [4.78, 5) is 12.0. The Kier molecular flexibility index (Phi) is 5.79. The summed E-state index contributed by atoms with van der Waals surface area (Å²) in [5.74, 6) is 0.372. The zero-order chi connectivity index (χ0) is 14.2. The zero-order valence-electron chi connectivity index (χ0n) is 12.4. The lowest BCUT2D eigenvalue weighted by Crippen LogP contribution is -2.02. The SMILES string of the molecule is CCCCCCCC(=O)Cc1ccc2ccccc2c1. The van der Waals surface area contributed by atoms with Crippen LogP contribution < -0.4 is 0 Å². The van der Waals surface area contributed by atoms with E-state index < -0.39 is 0 Å². The Labute approximate surface area is 122 Å². The van der Waals surface area contributed by atoms with Crippen LogP contribution in [-0.4, -0.2) is 5.78 Å². The summed E-state index contributed by atoms with van der Waals surface area (Å²) >= 11 is 0. The molecular weight excluding hydrogens is 244 g/mol. The molecule has 0 aromatic heterocycles. The second kappa shape index (κ2) is 7.84. The largest absolute Gasteiger partial charge is 0.299 e. The van der Waals surface area contributed by atoms with Gasteiger partial charge in [-0.25, -0.2) is 0 Å². The fourth-order valence-electron chi connectivity index (χ4n) is 2.59. The van der Waals surface area contributed by atoms with Crippen LogP contribution in [0.1, 0.15) is 51.0 Å². The van der Waals surface area contributed by atoms with E-state index in [4.69, 9.17) is 0 Å².